The highest BCUT2D eigenvalue weighted by Gasteiger charge is 2.21. The molecule has 1 aliphatic rings. The first-order valence-electron chi connectivity index (χ1n) is 8.25. The number of nitrogens with one attached hydrogen (secondary N) is 1. The van der Waals surface area contributed by atoms with Gasteiger partial charge >= 0.3 is 0 Å². The molecule has 5 nitrogen and oxygen atoms in total. The van der Waals surface area contributed by atoms with Crippen LogP contribution in [0.2, 0.25) is 0 Å². The van der Waals surface area contributed by atoms with Gasteiger partial charge in [0.2, 0.25) is 0 Å². The van der Waals surface area contributed by atoms with Gasteiger partial charge in [0, 0.05) is 45.7 Å². The van der Waals surface area contributed by atoms with E-state index in [1.165, 1.54) is 18.4 Å². The molecule has 6 heteroatoms. The second-order valence-corrected chi connectivity index (χ2v) is 5.79. The lowest BCUT2D eigenvalue weighted by molar-refractivity contribution is 0.115. The lowest BCUT2D eigenvalue weighted by Gasteiger charge is -2.22. The average Bonchev–Trinajstić information content (AvgIpc) is 3.36. The molecular formula is C17H29IN4O. The largest absolute Gasteiger partial charge is 0.379 e. The minimum absolute atomic E-state index is 0. The minimum atomic E-state index is 0. The zero-order chi connectivity index (χ0) is 15.6. The van der Waals surface area contributed by atoms with Crippen molar-refractivity contribution in [3.05, 3.63) is 30.1 Å². The SMILES string of the molecule is CCNC(=NCCc1cccnc1)N(C)CCOCC1CC1.I. The molecule has 1 heterocycles. The Morgan fingerprint density at radius 2 is 2.30 bits per heavy atom. The summed E-state index contributed by atoms with van der Waals surface area (Å²) >= 11 is 0. The molecule has 0 aromatic carbocycles. The predicted molar refractivity (Wildman–Crippen MR) is 106 cm³/mol. The molecule has 0 atom stereocenters. The van der Waals surface area contributed by atoms with Crippen LogP contribution in [0.15, 0.2) is 29.5 Å². The minimum Gasteiger partial charge on any atom is -0.379 e. The molecule has 1 aromatic heterocycles. The van der Waals surface area contributed by atoms with Crippen LogP contribution >= 0.6 is 24.0 Å². The predicted octanol–water partition coefficient (Wildman–Crippen LogP) is 2.57. The van der Waals surface area contributed by atoms with Gasteiger partial charge in [-0.1, -0.05) is 6.07 Å². The van der Waals surface area contributed by atoms with Crippen LogP contribution < -0.4 is 5.32 Å². The Kier molecular flexibility index (Phi) is 10.2. The summed E-state index contributed by atoms with van der Waals surface area (Å²) in [6.45, 7) is 6.28. The van der Waals surface area contributed by atoms with Crippen molar-refractivity contribution >= 4 is 29.9 Å². The average molecular weight is 432 g/mol. The summed E-state index contributed by atoms with van der Waals surface area (Å²) in [6, 6.07) is 4.05. The van der Waals surface area contributed by atoms with Gasteiger partial charge in [-0.3, -0.25) is 9.98 Å². The molecule has 23 heavy (non-hydrogen) atoms. The quantitative estimate of drug-likeness (QED) is 0.282. The van der Waals surface area contributed by atoms with Crippen LogP contribution in [-0.2, 0) is 11.2 Å². The summed E-state index contributed by atoms with van der Waals surface area (Å²) in [5.41, 5.74) is 1.22. The zero-order valence-corrected chi connectivity index (χ0v) is 16.5. The van der Waals surface area contributed by atoms with Gasteiger partial charge in [-0.25, -0.2) is 0 Å². The Hall–Kier alpha value is -0.890. The van der Waals surface area contributed by atoms with E-state index in [9.17, 15) is 0 Å². The number of rotatable bonds is 9. The number of aliphatic imine (C=N–C) groups is 1. The van der Waals surface area contributed by atoms with Crippen LogP contribution in [0.5, 0.6) is 0 Å². The van der Waals surface area contributed by atoms with E-state index in [2.05, 4.69) is 40.2 Å². The summed E-state index contributed by atoms with van der Waals surface area (Å²) in [6.07, 6.45) is 7.29. The highest BCUT2D eigenvalue weighted by molar-refractivity contribution is 14.0. The van der Waals surface area contributed by atoms with E-state index in [1.807, 2.05) is 12.3 Å². The Morgan fingerprint density at radius 1 is 1.48 bits per heavy atom. The molecule has 0 saturated heterocycles. The van der Waals surface area contributed by atoms with Crippen molar-refractivity contribution in [3.8, 4) is 0 Å². The van der Waals surface area contributed by atoms with E-state index in [4.69, 9.17) is 4.74 Å². The van der Waals surface area contributed by atoms with Crippen LogP contribution in [0.4, 0.5) is 0 Å². The van der Waals surface area contributed by atoms with E-state index in [-0.39, 0.29) is 24.0 Å². The summed E-state index contributed by atoms with van der Waals surface area (Å²) in [4.78, 5) is 11.0. The van der Waals surface area contributed by atoms with E-state index in [0.29, 0.717) is 0 Å². The van der Waals surface area contributed by atoms with Crippen molar-refractivity contribution in [2.24, 2.45) is 10.9 Å². The van der Waals surface area contributed by atoms with E-state index < -0.39 is 0 Å². The van der Waals surface area contributed by atoms with Gasteiger partial charge in [0.15, 0.2) is 5.96 Å². The Bertz CT molecular complexity index is 451. The highest BCUT2D eigenvalue weighted by Crippen LogP contribution is 2.28. The molecule has 1 fully saturated rings. The Morgan fingerprint density at radius 3 is 2.96 bits per heavy atom. The topological polar surface area (TPSA) is 49.8 Å². The van der Waals surface area contributed by atoms with E-state index in [1.54, 1.807) is 6.20 Å². The Labute approximate surface area is 156 Å². The van der Waals surface area contributed by atoms with Gasteiger partial charge in [-0.05, 0) is 43.7 Å². The number of aromatic nitrogens is 1. The second-order valence-electron chi connectivity index (χ2n) is 5.79. The number of hydrogen-bond acceptors (Lipinski definition) is 3. The number of ether oxygens (including phenoxy) is 1. The third-order valence-electron chi connectivity index (χ3n) is 3.70. The van der Waals surface area contributed by atoms with Crippen molar-refractivity contribution in [1.29, 1.82) is 0 Å². The Balaban J connectivity index is 0.00000264. The molecule has 1 saturated carbocycles. The van der Waals surface area contributed by atoms with E-state index in [0.717, 1.165) is 51.1 Å². The monoisotopic (exact) mass is 432 g/mol. The van der Waals surface area contributed by atoms with Crippen molar-refractivity contribution in [1.82, 2.24) is 15.2 Å². The summed E-state index contributed by atoms with van der Waals surface area (Å²) in [5.74, 6) is 1.77. The van der Waals surface area contributed by atoms with Crippen molar-refractivity contribution < 1.29 is 4.74 Å². The molecule has 130 valence electrons. The van der Waals surface area contributed by atoms with Crippen molar-refractivity contribution in [3.63, 3.8) is 0 Å². The van der Waals surface area contributed by atoms with Crippen molar-refractivity contribution in [2.45, 2.75) is 26.2 Å². The van der Waals surface area contributed by atoms with Crippen LogP contribution in [-0.4, -0.2) is 55.7 Å². The standard InChI is InChI=1S/C17H28N4O.HI/c1-3-19-17(20-10-8-15-5-4-9-18-13-15)21(2)11-12-22-14-16-6-7-16;/h4-5,9,13,16H,3,6-8,10-12,14H2,1-2H3,(H,19,20);1H. The smallest absolute Gasteiger partial charge is 0.193 e. The maximum atomic E-state index is 5.70. The third kappa shape index (κ3) is 8.50. The maximum absolute atomic E-state index is 5.70. The fourth-order valence-corrected chi connectivity index (χ4v) is 2.15. The first-order chi connectivity index (χ1) is 10.8. The molecule has 0 bridgehead atoms. The molecule has 1 aromatic rings. The van der Waals surface area contributed by atoms with Gasteiger partial charge < -0.3 is 15.0 Å². The van der Waals surface area contributed by atoms with Crippen LogP contribution in [0, 0.1) is 5.92 Å². The summed E-state index contributed by atoms with van der Waals surface area (Å²) < 4.78 is 5.70. The van der Waals surface area contributed by atoms with E-state index >= 15 is 0 Å². The molecule has 0 amide bonds. The molecule has 0 radical (unpaired) electrons. The van der Waals surface area contributed by atoms with Gasteiger partial charge in [-0.2, -0.15) is 0 Å². The second kappa shape index (κ2) is 11.6. The maximum Gasteiger partial charge on any atom is 0.193 e. The number of guanidine groups is 1. The molecule has 0 aliphatic heterocycles. The number of nitrogens with zero attached hydrogens (tertiary/aromatic N) is 3. The van der Waals surface area contributed by atoms with Crippen LogP contribution in [0.3, 0.4) is 0 Å². The van der Waals surface area contributed by atoms with Crippen LogP contribution in [0.1, 0.15) is 25.3 Å². The molecule has 0 spiro atoms. The normalized spacial score (nSPS) is 14.3. The highest BCUT2D eigenvalue weighted by atomic mass is 127. The fourth-order valence-electron chi connectivity index (χ4n) is 2.15. The molecular weight excluding hydrogens is 403 g/mol. The zero-order valence-electron chi connectivity index (χ0n) is 14.2. The lowest BCUT2D eigenvalue weighted by Crippen LogP contribution is -2.40. The van der Waals surface area contributed by atoms with Crippen molar-refractivity contribution in [2.75, 3.05) is 39.9 Å². The molecule has 1 aliphatic carbocycles. The molecule has 0 unspecified atom stereocenters. The van der Waals surface area contributed by atoms with Crippen LogP contribution in [0.25, 0.3) is 0 Å². The molecule has 2 rings (SSSR count). The molecule has 1 N–H and O–H groups in total. The van der Waals surface area contributed by atoms with Gasteiger partial charge in [-0.15, -0.1) is 24.0 Å². The fraction of sp³-hybridized carbons (Fsp3) is 0.647. The lowest BCUT2D eigenvalue weighted by atomic mass is 10.2. The number of likely N-dealkylation sites (N-methyl/N-ethyl adjacent to an activating group) is 1. The summed E-state index contributed by atoms with van der Waals surface area (Å²) in [5, 5.41) is 3.34. The number of halogens is 1. The number of pyridine rings is 1. The number of hydrogen-bond donors (Lipinski definition) is 1. The first-order valence-corrected chi connectivity index (χ1v) is 8.25. The van der Waals surface area contributed by atoms with Gasteiger partial charge in [0.1, 0.15) is 0 Å². The third-order valence-corrected chi connectivity index (χ3v) is 3.70. The summed E-state index contributed by atoms with van der Waals surface area (Å²) in [7, 11) is 2.06. The van der Waals surface area contributed by atoms with Gasteiger partial charge in [0.05, 0.1) is 6.61 Å². The van der Waals surface area contributed by atoms with Gasteiger partial charge in [0.25, 0.3) is 0 Å². The first kappa shape index (κ1) is 20.2.